The van der Waals surface area contributed by atoms with Crippen LogP contribution in [0.25, 0.3) is 16.2 Å². The highest BCUT2D eigenvalue weighted by Crippen LogP contribution is 2.26. The Balaban J connectivity index is 1.33. The van der Waals surface area contributed by atoms with Gasteiger partial charge in [-0.2, -0.15) is 0 Å². The first-order chi connectivity index (χ1) is 15.0. The van der Waals surface area contributed by atoms with Crippen LogP contribution in [-0.2, 0) is 32.7 Å². The third-order valence-electron chi connectivity index (χ3n) is 4.55. The van der Waals surface area contributed by atoms with Gasteiger partial charge in [0.1, 0.15) is 12.4 Å². The Morgan fingerprint density at radius 2 is 1.87 bits per heavy atom. The summed E-state index contributed by atoms with van der Waals surface area (Å²) in [7, 11) is -3.66. The molecule has 0 aliphatic heterocycles. The minimum atomic E-state index is -3.66. The molecule has 0 atom stereocenters. The van der Waals surface area contributed by atoms with Crippen molar-refractivity contribution in [2.24, 2.45) is 0 Å². The number of fused-ring (bicyclic) bond motifs is 1. The van der Waals surface area contributed by atoms with Gasteiger partial charge >= 0.3 is 5.97 Å². The van der Waals surface area contributed by atoms with E-state index in [0.717, 1.165) is 15.6 Å². The van der Waals surface area contributed by atoms with Crippen LogP contribution >= 0.6 is 11.3 Å². The number of sulfonamides is 1. The molecule has 1 N–H and O–H groups in total. The predicted octanol–water partition coefficient (Wildman–Crippen LogP) is 4.73. The molecule has 0 aliphatic rings. The Morgan fingerprint density at radius 3 is 2.65 bits per heavy atom. The molecular weight excluding hydrogens is 434 g/mol. The molecule has 0 fully saturated rings. The van der Waals surface area contributed by atoms with Crippen molar-refractivity contribution >= 4 is 43.5 Å². The van der Waals surface area contributed by atoms with Crippen LogP contribution < -0.4 is 4.72 Å². The molecule has 0 bridgehead atoms. The second-order valence-electron chi connectivity index (χ2n) is 6.67. The summed E-state index contributed by atoms with van der Waals surface area (Å²) in [6, 6.07) is 17.6. The van der Waals surface area contributed by atoms with Crippen LogP contribution in [0.4, 0.5) is 0 Å². The lowest BCUT2D eigenvalue weighted by atomic mass is 10.2. The number of rotatable bonds is 8. The van der Waals surface area contributed by atoms with Gasteiger partial charge in [0.15, 0.2) is 0 Å². The van der Waals surface area contributed by atoms with Gasteiger partial charge < -0.3 is 9.15 Å². The van der Waals surface area contributed by atoms with Crippen LogP contribution in [0.3, 0.4) is 0 Å². The van der Waals surface area contributed by atoms with E-state index < -0.39 is 16.0 Å². The third kappa shape index (κ3) is 5.29. The summed E-state index contributed by atoms with van der Waals surface area (Å²) in [5.74, 6) is 0.0594. The van der Waals surface area contributed by atoms with Gasteiger partial charge in [-0.3, -0.25) is 0 Å². The quantitative estimate of drug-likeness (QED) is 0.308. The van der Waals surface area contributed by atoms with Crippen molar-refractivity contribution in [2.45, 2.75) is 18.0 Å². The van der Waals surface area contributed by atoms with Gasteiger partial charge in [-0.1, -0.05) is 30.3 Å². The number of hydrogen-bond acceptors (Lipinski definition) is 6. The molecule has 0 unspecified atom stereocenters. The number of esters is 1. The van der Waals surface area contributed by atoms with Crippen molar-refractivity contribution in [3.63, 3.8) is 0 Å². The van der Waals surface area contributed by atoms with E-state index in [9.17, 15) is 13.2 Å². The standard InChI is InChI=1S/C23H19NO5S2/c25-23(29-15-18-16-30-22-6-2-1-5-21(18)22)12-9-17-7-10-20(11-8-17)31(26,27)24-14-19-4-3-13-28-19/h1-13,16,24H,14-15H2/b12-9+. The molecule has 2 aromatic heterocycles. The topological polar surface area (TPSA) is 85.6 Å². The molecule has 0 saturated carbocycles. The van der Waals surface area contributed by atoms with Crippen molar-refractivity contribution in [1.29, 1.82) is 0 Å². The van der Waals surface area contributed by atoms with E-state index in [2.05, 4.69) is 4.72 Å². The molecule has 8 heteroatoms. The highest BCUT2D eigenvalue weighted by molar-refractivity contribution is 7.89. The molecule has 158 valence electrons. The highest BCUT2D eigenvalue weighted by atomic mass is 32.2. The molecule has 0 aliphatic carbocycles. The van der Waals surface area contributed by atoms with Gasteiger partial charge in [0.2, 0.25) is 10.0 Å². The summed E-state index contributed by atoms with van der Waals surface area (Å²) in [6.45, 7) is 0.272. The van der Waals surface area contributed by atoms with E-state index >= 15 is 0 Å². The Kier molecular flexibility index (Phi) is 6.31. The van der Waals surface area contributed by atoms with E-state index in [1.54, 1.807) is 41.7 Å². The Hall–Kier alpha value is -3.20. The molecule has 0 spiro atoms. The maximum absolute atomic E-state index is 12.4. The van der Waals surface area contributed by atoms with Crippen LogP contribution in [0.15, 0.2) is 87.7 Å². The summed E-state index contributed by atoms with van der Waals surface area (Å²) in [5, 5.41) is 3.07. The average Bonchev–Trinajstić information content (AvgIpc) is 3.45. The second-order valence-corrected chi connectivity index (χ2v) is 9.35. The molecule has 4 rings (SSSR count). The number of carbonyl (C=O) groups is 1. The van der Waals surface area contributed by atoms with E-state index in [4.69, 9.17) is 9.15 Å². The number of furan rings is 1. The van der Waals surface area contributed by atoms with E-state index in [0.29, 0.717) is 11.3 Å². The number of benzene rings is 2. The van der Waals surface area contributed by atoms with E-state index in [1.807, 2.05) is 29.6 Å². The zero-order valence-corrected chi connectivity index (χ0v) is 18.0. The molecule has 0 radical (unpaired) electrons. The average molecular weight is 454 g/mol. The summed E-state index contributed by atoms with van der Waals surface area (Å²) >= 11 is 1.61. The first-order valence-corrected chi connectivity index (χ1v) is 11.8. The lowest BCUT2D eigenvalue weighted by Gasteiger charge is -2.05. The lowest BCUT2D eigenvalue weighted by molar-refractivity contribution is -0.138. The van der Waals surface area contributed by atoms with Gasteiger partial charge in [-0.15, -0.1) is 11.3 Å². The number of nitrogens with one attached hydrogen (secondary N) is 1. The fraction of sp³-hybridized carbons (Fsp3) is 0.0870. The molecule has 2 aromatic carbocycles. The number of carbonyl (C=O) groups excluding carboxylic acids is 1. The number of ether oxygens (including phenoxy) is 1. The fourth-order valence-electron chi connectivity index (χ4n) is 2.93. The van der Waals surface area contributed by atoms with E-state index in [-0.39, 0.29) is 18.0 Å². The molecule has 4 aromatic rings. The van der Waals surface area contributed by atoms with E-state index in [1.165, 1.54) is 24.5 Å². The van der Waals surface area contributed by atoms with Crippen molar-refractivity contribution in [3.05, 3.63) is 95.3 Å². The van der Waals surface area contributed by atoms with Gasteiger partial charge in [0.05, 0.1) is 17.7 Å². The zero-order chi connectivity index (χ0) is 21.7. The number of hydrogen-bond donors (Lipinski definition) is 1. The minimum absolute atomic E-state index is 0.0717. The molecule has 31 heavy (non-hydrogen) atoms. The lowest BCUT2D eigenvalue weighted by Crippen LogP contribution is -2.22. The molecule has 0 amide bonds. The van der Waals surface area contributed by atoms with Gasteiger partial charge in [0, 0.05) is 16.3 Å². The van der Waals surface area contributed by atoms with Crippen LogP contribution in [-0.4, -0.2) is 14.4 Å². The Morgan fingerprint density at radius 1 is 1.06 bits per heavy atom. The number of thiophene rings is 1. The molecule has 2 heterocycles. The van der Waals surface area contributed by atoms with Gasteiger partial charge in [0.25, 0.3) is 0 Å². The van der Waals surface area contributed by atoms with Crippen LogP contribution in [0.2, 0.25) is 0 Å². The van der Waals surface area contributed by atoms with Gasteiger partial charge in [-0.25, -0.2) is 17.9 Å². The summed E-state index contributed by atoms with van der Waals surface area (Å²) in [5.41, 5.74) is 1.65. The smallest absolute Gasteiger partial charge is 0.331 e. The third-order valence-corrected chi connectivity index (χ3v) is 6.98. The fourth-order valence-corrected chi connectivity index (χ4v) is 4.87. The molecular formula is C23H19NO5S2. The minimum Gasteiger partial charge on any atom is -0.468 e. The highest BCUT2D eigenvalue weighted by Gasteiger charge is 2.14. The van der Waals surface area contributed by atoms with Crippen LogP contribution in [0, 0.1) is 0 Å². The van der Waals surface area contributed by atoms with Crippen molar-refractivity contribution < 1.29 is 22.4 Å². The monoisotopic (exact) mass is 453 g/mol. The first-order valence-electron chi connectivity index (χ1n) is 9.43. The zero-order valence-electron chi connectivity index (χ0n) is 16.4. The summed E-state index contributed by atoms with van der Waals surface area (Å²) in [6.07, 6.45) is 4.40. The van der Waals surface area contributed by atoms with Crippen molar-refractivity contribution in [3.8, 4) is 0 Å². The van der Waals surface area contributed by atoms with Crippen LogP contribution in [0.1, 0.15) is 16.9 Å². The molecule has 6 nitrogen and oxygen atoms in total. The van der Waals surface area contributed by atoms with Crippen molar-refractivity contribution in [1.82, 2.24) is 4.72 Å². The first kappa shape index (κ1) is 21.0. The normalized spacial score (nSPS) is 11.9. The Bertz CT molecular complexity index is 1300. The van der Waals surface area contributed by atoms with Gasteiger partial charge in [-0.05, 0) is 52.7 Å². The molecule has 0 saturated heterocycles. The SMILES string of the molecule is O=C(/C=C/c1ccc(S(=O)(=O)NCc2ccco2)cc1)OCc1csc2ccccc12. The predicted molar refractivity (Wildman–Crippen MR) is 120 cm³/mol. The summed E-state index contributed by atoms with van der Waals surface area (Å²) in [4.78, 5) is 12.2. The maximum Gasteiger partial charge on any atom is 0.331 e. The van der Waals surface area contributed by atoms with Crippen molar-refractivity contribution in [2.75, 3.05) is 0 Å². The second kappa shape index (κ2) is 9.30. The Labute approximate surface area is 183 Å². The maximum atomic E-state index is 12.4. The van der Waals surface area contributed by atoms with Crippen LogP contribution in [0.5, 0.6) is 0 Å². The summed E-state index contributed by atoms with van der Waals surface area (Å²) < 4.78 is 38.8. The largest absolute Gasteiger partial charge is 0.468 e.